The number of guanidine groups is 1. The van der Waals surface area contributed by atoms with E-state index in [1.165, 1.54) is 18.7 Å². The molecule has 0 aliphatic carbocycles. The van der Waals surface area contributed by atoms with E-state index >= 15 is 0 Å². The molecule has 0 aromatic heterocycles. The lowest BCUT2D eigenvalue weighted by molar-refractivity contribution is 0.109. The third-order valence-electron chi connectivity index (χ3n) is 5.20. The van der Waals surface area contributed by atoms with Crippen LogP contribution in [0.5, 0.6) is 5.75 Å². The minimum Gasteiger partial charge on any atom is -0.497 e. The summed E-state index contributed by atoms with van der Waals surface area (Å²) in [5.74, 6) is 1.81. The average molecular weight is 503 g/mol. The van der Waals surface area contributed by atoms with Gasteiger partial charge in [-0.3, -0.25) is 9.89 Å². The molecule has 1 aliphatic rings. The first-order valence-corrected chi connectivity index (χ1v) is 10.3. The van der Waals surface area contributed by atoms with Crippen molar-refractivity contribution in [3.8, 4) is 5.75 Å². The summed E-state index contributed by atoms with van der Waals surface area (Å²) < 4.78 is 5.21. The summed E-state index contributed by atoms with van der Waals surface area (Å²) >= 11 is 0. The Morgan fingerprint density at radius 2 is 1.79 bits per heavy atom. The fraction of sp³-hybridized carbons (Fsp3) is 0.667. The molecule has 0 radical (unpaired) electrons. The van der Waals surface area contributed by atoms with Crippen molar-refractivity contribution in [1.82, 2.24) is 20.4 Å². The molecule has 1 aliphatic heterocycles. The van der Waals surface area contributed by atoms with Crippen molar-refractivity contribution in [3.05, 3.63) is 29.8 Å². The summed E-state index contributed by atoms with van der Waals surface area (Å²) in [6.45, 7) is 15.0. The van der Waals surface area contributed by atoms with Gasteiger partial charge in [-0.2, -0.15) is 0 Å². The largest absolute Gasteiger partial charge is 0.497 e. The minimum atomic E-state index is 0. The summed E-state index contributed by atoms with van der Waals surface area (Å²) in [6.07, 6.45) is 0.961. The molecule has 160 valence electrons. The summed E-state index contributed by atoms with van der Waals surface area (Å²) in [5.41, 5.74) is 1.29. The van der Waals surface area contributed by atoms with Crippen molar-refractivity contribution in [1.29, 1.82) is 0 Å². The quantitative estimate of drug-likeness (QED) is 0.308. The van der Waals surface area contributed by atoms with E-state index in [2.05, 4.69) is 53.3 Å². The van der Waals surface area contributed by atoms with E-state index in [4.69, 9.17) is 9.73 Å². The number of rotatable bonds is 9. The summed E-state index contributed by atoms with van der Waals surface area (Å²) in [7, 11) is 1.69. The number of likely N-dealkylation sites (N-methyl/N-ethyl adjacent to an activating group) is 1. The lowest BCUT2D eigenvalue weighted by Crippen LogP contribution is -2.50. The van der Waals surface area contributed by atoms with Crippen LogP contribution in [-0.4, -0.2) is 81.3 Å². The molecule has 1 saturated heterocycles. The minimum absolute atomic E-state index is 0. The van der Waals surface area contributed by atoms with E-state index in [1.54, 1.807) is 7.11 Å². The van der Waals surface area contributed by atoms with E-state index in [9.17, 15) is 0 Å². The van der Waals surface area contributed by atoms with Gasteiger partial charge < -0.3 is 20.3 Å². The van der Waals surface area contributed by atoms with Gasteiger partial charge in [0.15, 0.2) is 5.96 Å². The zero-order chi connectivity index (χ0) is 19.5. The molecule has 0 bridgehead atoms. The molecule has 0 saturated carbocycles. The first-order chi connectivity index (χ1) is 13.2. The number of halogens is 1. The molecule has 7 heteroatoms. The Kier molecular flexibility index (Phi) is 12.5. The van der Waals surface area contributed by atoms with Gasteiger partial charge in [0, 0.05) is 45.3 Å². The summed E-state index contributed by atoms with van der Waals surface area (Å²) in [6, 6.07) is 8.72. The number of nitrogens with zero attached hydrogens (tertiary/aromatic N) is 3. The van der Waals surface area contributed by atoms with E-state index < -0.39 is 0 Å². The van der Waals surface area contributed by atoms with Crippen LogP contribution in [0.4, 0.5) is 0 Å². The van der Waals surface area contributed by atoms with E-state index in [-0.39, 0.29) is 24.0 Å². The van der Waals surface area contributed by atoms with Gasteiger partial charge >= 0.3 is 0 Å². The zero-order valence-electron chi connectivity index (χ0n) is 17.9. The first kappa shape index (κ1) is 25.0. The normalized spacial score (nSPS) is 16.9. The average Bonchev–Trinajstić information content (AvgIpc) is 2.72. The van der Waals surface area contributed by atoms with Crippen LogP contribution in [-0.2, 0) is 6.42 Å². The number of nitrogens with one attached hydrogen (secondary N) is 2. The van der Waals surface area contributed by atoms with Crippen LogP contribution in [0.1, 0.15) is 26.3 Å². The maximum atomic E-state index is 5.21. The molecule has 1 unspecified atom stereocenters. The van der Waals surface area contributed by atoms with Crippen molar-refractivity contribution < 1.29 is 4.74 Å². The third-order valence-corrected chi connectivity index (χ3v) is 5.20. The molecule has 0 amide bonds. The predicted octanol–water partition coefficient (Wildman–Crippen LogP) is 2.44. The highest BCUT2D eigenvalue weighted by atomic mass is 127. The number of methoxy groups -OCH3 is 1. The maximum Gasteiger partial charge on any atom is 0.191 e. The number of piperazine rings is 1. The van der Waals surface area contributed by atoms with Crippen LogP contribution >= 0.6 is 24.0 Å². The summed E-state index contributed by atoms with van der Waals surface area (Å²) in [4.78, 5) is 9.87. The summed E-state index contributed by atoms with van der Waals surface area (Å²) in [5, 5.41) is 6.81. The van der Waals surface area contributed by atoms with E-state index in [0.29, 0.717) is 6.04 Å². The van der Waals surface area contributed by atoms with Crippen LogP contribution < -0.4 is 15.4 Å². The molecule has 6 nitrogen and oxygen atoms in total. The number of hydrogen-bond donors (Lipinski definition) is 2. The van der Waals surface area contributed by atoms with Gasteiger partial charge in [0.05, 0.1) is 13.7 Å². The van der Waals surface area contributed by atoms with Gasteiger partial charge in [0.25, 0.3) is 0 Å². The molecular formula is C21H38IN5O. The van der Waals surface area contributed by atoms with Gasteiger partial charge in [0.1, 0.15) is 5.75 Å². The SMILES string of the molecule is CCNC(=NCC(C)N1CCN(CC)CC1)NCCc1ccc(OC)cc1.I. The number of hydrogen-bond acceptors (Lipinski definition) is 4. The van der Waals surface area contributed by atoms with Gasteiger partial charge in [-0.05, 0) is 44.5 Å². The van der Waals surface area contributed by atoms with Crippen LogP contribution in [0, 0.1) is 0 Å². The smallest absolute Gasteiger partial charge is 0.191 e. The van der Waals surface area contributed by atoms with Crippen molar-refractivity contribution in [2.45, 2.75) is 33.2 Å². The highest BCUT2D eigenvalue weighted by Gasteiger charge is 2.19. The highest BCUT2D eigenvalue weighted by molar-refractivity contribution is 14.0. The third kappa shape index (κ3) is 8.53. The lowest BCUT2D eigenvalue weighted by atomic mass is 10.1. The molecule has 28 heavy (non-hydrogen) atoms. The van der Waals surface area contributed by atoms with Crippen LogP contribution in [0.15, 0.2) is 29.3 Å². The van der Waals surface area contributed by atoms with Crippen molar-refractivity contribution >= 4 is 29.9 Å². The monoisotopic (exact) mass is 503 g/mol. The Labute approximate surface area is 188 Å². The second-order valence-electron chi connectivity index (χ2n) is 7.06. The molecule has 0 spiro atoms. The number of ether oxygens (including phenoxy) is 1. The van der Waals surface area contributed by atoms with Gasteiger partial charge in [-0.15, -0.1) is 24.0 Å². The standard InChI is InChI=1S/C21H37N5O.HI/c1-5-22-21(23-12-11-19-7-9-20(27-4)10-8-19)24-17-18(3)26-15-13-25(6-2)14-16-26;/h7-10,18H,5-6,11-17H2,1-4H3,(H2,22,23,24);1H. The topological polar surface area (TPSA) is 52.1 Å². The van der Waals surface area contributed by atoms with Crippen molar-refractivity contribution in [3.63, 3.8) is 0 Å². The maximum absolute atomic E-state index is 5.21. The predicted molar refractivity (Wildman–Crippen MR) is 129 cm³/mol. The fourth-order valence-corrected chi connectivity index (χ4v) is 3.32. The van der Waals surface area contributed by atoms with Gasteiger partial charge in [0.2, 0.25) is 0 Å². The molecule has 2 N–H and O–H groups in total. The Bertz CT molecular complexity index is 558. The second-order valence-corrected chi connectivity index (χ2v) is 7.06. The Morgan fingerprint density at radius 3 is 2.36 bits per heavy atom. The lowest BCUT2D eigenvalue weighted by Gasteiger charge is -2.37. The second kappa shape index (κ2) is 14.0. The Balaban J connectivity index is 0.00000392. The molecule has 1 aromatic carbocycles. The van der Waals surface area contributed by atoms with E-state index in [1.807, 2.05) is 12.1 Å². The number of aliphatic imine (C=N–C) groups is 1. The zero-order valence-corrected chi connectivity index (χ0v) is 20.2. The molecule has 2 rings (SSSR count). The molecule has 1 fully saturated rings. The van der Waals surface area contributed by atoms with Crippen molar-refractivity contribution in [2.75, 3.05) is 59.5 Å². The van der Waals surface area contributed by atoms with Gasteiger partial charge in [-0.25, -0.2) is 0 Å². The van der Waals surface area contributed by atoms with E-state index in [0.717, 1.165) is 57.4 Å². The first-order valence-electron chi connectivity index (χ1n) is 10.3. The van der Waals surface area contributed by atoms with Crippen LogP contribution in [0.2, 0.25) is 0 Å². The molecule has 1 heterocycles. The van der Waals surface area contributed by atoms with Gasteiger partial charge in [-0.1, -0.05) is 19.1 Å². The molecular weight excluding hydrogens is 465 g/mol. The number of benzene rings is 1. The molecule has 1 atom stereocenters. The Hall–Kier alpha value is -1.06. The Morgan fingerprint density at radius 1 is 1.11 bits per heavy atom. The van der Waals surface area contributed by atoms with Crippen molar-refractivity contribution in [2.24, 2.45) is 4.99 Å². The van der Waals surface area contributed by atoms with Crippen LogP contribution in [0.25, 0.3) is 0 Å². The molecule has 1 aromatic rings. The highest BCUT2D eigenvalue weighted by Crippen LogP contribution is 2.11. The van der Waals surface area contributed by atoms with Crippen LogP contribution in [0.3, 0.4) is 0 Å². The fourth-order valence-electron chi connectivity index (χ4n) is 3.32.